The normalized spacial score (nSPS) is 13.6. The van der Waals surface area contributed by atoms with Gasteiger partial charge in [0, 0.05) is 29.1 Å². The molecular weight excluding hydrogens is 504 g/mol. The lowest BCUT2D eigenvalue weighted by molar-refractivity contribution is -0.140. The largest absolute Gasteiger partial charge is 0.389 e. The van der Waals surface area contributed by atoms with E-state index in [0.717, 1.165) is 24.3 Å². The minimum Gasteiger partial charge on any atom is -0.368 e. The van der Waals surface area contributed by atoms with Crippen molar-refractivity contribution in [2.24, 2.45) is 5.73 Å². The molecule has 1 atom stereocenters. The molecule has 182 valence electrons. The summed E-state index contributed by atoms with van der Waals surface area (Å²) in [4.78, 5) is 15.3. The van der Waals surface area contributed by atoms with Crippen LogP contribution in [0.2, 0.25) is 5.02 Å². The maximum Gasteiger partial charge on any atom is 0.389 e. The van der Waals surface area contributed by atoms with Crippen molar-refractivity contribution in [2.75, 3.05) is 0 Å². The summed E-state index contributed by atoms with van der Waals surface area (Å²) in [6.07, 6.45) is -7.68. The molecule has 0 aliphatic rings. The number of halogens is 5. The van der Waals surface area contributed by atoms with Crippen molar-refractivity contribution in [1.29, 1.82) is 0 Å². The number of carbonyl (C=O) groups excluding carboxylic acids is 1. The van der Waals surface area contributed by atoms with Crippen LogP contribution in [0.3, 0.4) is 0 Å². The van der Waals surface area contributed by atoms with Gasteiger partial charge in [-0.05, 0) is 36.8 Å². The van der Waals surface area contributed by atoms with Crippen molar-refractivity contribution < 1.29 is 36.7 Å². The molecule has 0 saturated heterocycles. The fourth-order valence-corrected chi connectivity index (χ4v) is 4.81. The number of benzene rings is 2. The highest BCUT2D eigenvalue weighted by atomic mass is 35.5. The lowest BCUT2D eigenvalue weighted by Crippen LogP contribution is -2.48. The summed E-state index contributed by atoms with van der Waals surface area (Å²) < 4.78 is 92.4. The number of nitrogens with two attached hydrogens (primary N) is 1. The number of amides is 1. The Labute approximate surface area is 197 Å². The number of carbonyl (C=O) groups is 1. The van der Waals surface area contributed by atoms with Gasteiger partial charge in [-0.1, -0.05) is 28.9 Å². The minimum absolute atomic E-state index is 0.101. The van der Waals surface area contributed by atoms with Crippen molar-refractivity contribution in [3.63, 3.8) is 0 Å². The van der Waals surface area contributed by atoms with E-state index in [1.807, 2.05) is 0 Å². The van der Waals surface area contributed by atoms with Gasteiger partial charge < -0.3 is 10.3 Å². The Bertz CT molecular complexity index is 1320. The summed E-state index contributed by atoms with van der Waals surface area (Å²) in [7, 11) is -4.63. The van der Waals surface area contributed by atoms with Gasteiger partial charge in [-0.2, -0.15) is 22.5 Å². The minimum atomic E-state index is -4.70. The molecule has 1 heterocycles. The third kappa shape index (κ3) is 6.10. The molecule has 0 radical (unpaired) electrons. The molecule has 0 saturated carbocycles. The van der Waals surface area contributed by atoms with Gasteiger partial charge in [0.1, 0.15) is 13.2 Å². The SMILES string of the molecule is [2H]c1nc(-c2ccc(CN([C@H](CCC(F)(F)F)C(N)=O)S(=O)(=O)c3ccc(Cl)cc3)c(F)c2)no1. The van der Waals surface area contributed by atoms with Crippen LogP contribution < -0.4 is 5.73 Å². The third-order valence-corrected chi connectivity index (χ3v) is 6.88. The van der Waals surface area contributed by atoms with Crippen molar-refractivity contribution in [3.8, 4) is 11.4 Å². The Balaban J connectivity index is 2.03. The van der Waals surface area contributed by atoms with Crippen LogP contribution in [0.25, 0.3) is 11.4 Å². The van der Waals surface area contributed by atoms with Gasteiger partial charge in [0.25, 0.3) is 0 Å². The van der Waals surface area contributed by atoms with Crippen molar-refractivity contribution in [3.05, 3.63) is 65.2 Å². The van der Waals surface area contributed by atoms with E-state index in [4.69, 9.17) is 18.7 Å². The summed E-state index contributed by atoms with van der Waals surface area (Å²) >= 11 is 5.79. The zero-order valence-electron chi connectivity index (χ0n) is 18.1. The van der Waals surface area contributed by atoms with Gasteiger partial charge in [0.2, 0.25) is 28.1 Å². The molecule has 14 heteroatoms. The maximum absolute atomic E-state index is 14.9. The summed E-state index contributed by atoms with van der Waals surface area (Å²) in [5.74, 6) is -2.40. The second kappa shape index (κ2) is 10.1. The molecule has 2 N–H and O–H groups in total. The van der Waals surface area contributed by atoms with Crippen LogP contribution >= 0.6 is 11.6 Å². The quantitative estimate of drug-likeness (QED) is 0.426. The second-order valence-corrected chi connectivity index (χ2v) is 9.42. The van der Waals surface area contributed by atoms with E-state index in [0.29, 0.717) is 4.31 Å². The molecule has 0 unspecified atom stereocenters. The van der Waals surface area contributed by atoms with Crippen LogP contribution in [0.5, 0.6) is 0 Å². The third-order valence-electron chi connectivity index (χ3n) is 4.76. The second-order valence-electron chi connectivity index (χ2n) is 7.09. The molecule has 8 nitrogen and oxygen atoms in total. The number of aromatic nitrogens is 2. The number of nitrogens with zero attached hydrogens (tertiary/aromatic N) is 3. The summed E-state index contributed by atoms with van der Waals surface area (Å²) in [6, 6.07) is 6.12. The molecule has 1 amide bonds. The van der Waals surface area contributed by atoms with Crippen LogP contribution in [0.15, 0.2) is 58.3 Å². The van der Waals surface area contributed by atoms with Crippen LogP contribution in [0, 0.1) is 5.82 Å². The van der Waals surface area contributed by atoms with Crippen LogP contribution in [-0.2, 0) is 21.4 Å². The smallest absolute Gasteiger partial charge is 0.368 e. The molecule has 34 heavy (non-hydrogen) atoms. The highest BCUT2D eigenvalue weighted by molar-refractivity contribution is 7.89. The van der Waals surface area contributed by atoms with Gasteiger partial charge in [-0.15, -0.1) is 0 Å². The van der Waals surface area contributed by atoms with E-state index >= 15 is 0 Å². The summed E-state index contributed by atoms with van der Waals surface area (Å²) in [6.45, 7) is -0.807. The average Bonchev–Trinajstić information content (AvgIpc) is 3.19. The molecule has 0 fully saturated rings. The standard InChI is InChI=1S/C20H17ClF4N4O4S/c21-14-3-5-15(6-4-14)34(31,32)29(17(18(26)30)7-8-20(23,24)25)10-13-2-1-12(9-16(13)22)19-27-11-33-28-19/h1-6,9,11,17H,7-8,10H2,(H2,26,30)/t17-/m1/s1/i11D. The Morgan fingerprint density at radius 3 is 2.44 bits per heavy atom. The molecule has 0 spiro atoms. The van der Waals surface area contributed by atoms with Crippen LogP contribution in [0.4, 0.5) is 17.6 Å². The molecule has 3 rings (SSSR count). The predicted octanol–water partition coefficient (Wildman–Crippen LogP) is 3.92. The Kier molecular flexibility index (Phi) is 7.14. The Morgan fingerprint density at radius 1 is 1.24 bits per heavy atom. The van der Waals surface area contributed by atoms with Gasteiger partial charge in [-0.25, -0.2) is 12.8 Å². The number of hydrogen-bond acceptors (Lipinski definition) is 6. The number of hydrogen-bond donors (Lipinski definition) is 1. The Morgan fingerprint density at radius 2 is 1.91 bits per heavy atom. The number of primary amides is 1. The van der Waals surface area contributed by atoms with Crippen LogP contribution in [-0.4, -0.2) is 41.0 Å². The van der Waals surface area contributed by atoms with Gasteiger partial charge in [-0.3, -0.25) is 4.79 Å². The lowest BCUT2D eigenvalue weighted by atomic mass is 10.1. The highest BCUT2D eigenvalue weighted by Crippen LogP contribution is 2.29. The molecule has 3 aromatic rings. The predicted molar refractivity (Wildman–Crippen MR) is 112 cm³/mol. The monoisotopic (exact) mass is 521 g/mol. The van der Waals surface area contributed by atoms with Crippen molar-refractivity contribution in [2.45, 2.75) is 36.5 Å². The molecule has 2 aromatic carbocycles. The Hall–Kier alpha value is -3.03. The summed E-state index contributed by atoms with van der Waals surface area (Å²) in [5.41, 5.74) is 5.12. The fraction of sp³-hybridized carbons (Fsp3) is 0.250. The zero-order chi connectivity index (χ0) is 26.0. The summed E-state index contributed by atoms with van der Waals surface area (Å²) in [5, 5.41) is 3.67. The highest BCUT2D eigenvalue weighted by Gasteiger charge is 2.38. The van der Waals surface area contributed by atoms with Gasteiger partial charge in [0.15, 0.2) is 0 Å². The van der Waals surface area contributed by atoms with E-state index in [1.54, 1.807) is 0 Å². The van der Waals surface area contributed by atoms with E-state index in [1.165, 1.54) is 18.2 Å². The van der Waals surface area contributed by atoms with Crippen LogP contribution in [0.1, 0.15) is 19.8 Å². The average molecular weight is 522 g/mol. The molecule has 1 aromatic heterocycles. The number of rotatable bonds is 9. The first kappa shape index (κ1) is 24.1. The lowest BCUT2D eigenvalue weighted by Gasteiger charge is -2.29. The zero-order valence-corrected chi connectivity index (χ0v) is 18.7. The van der Waals surface area contributed by atoms with E-state index in [2.05, 4.69) is 14.7 Å². The number of sulfonamides is 1. The van der Waals surface area contributed by atoms with Gasteiger partial charge >= 0.3 is 6.18 Å². The fourth-order valence-electron chi connectivity index (χ4n) is 3.08. The number of alkyl halides is 3. The van der Waals surface area contributed by atoms with E-state index in [-0.39, 0.29) is 26.9 Å². The first-order valence-corrected chi connectivity index (χ1v) is 11.3. The first-order chi connectivity index (χ1) is 16.3. The van der Waals surface area contributed by atoms with E-state index in [9.17, 15) is 30.8 Å². The van der Waals surface area contributed by atoms with Gasteiger partial charge in [0.05, 0.1) is 4.90 Å². The van der Waals surface area contributed by atoms with Crippen molar-refractivity contribution in [1.82, 2.24) is 14.4 Å². The molecular formula is C20H17ClF4N4O4S. The van der Waals surface area contributed by atoms with Crippen molar-refractivity contribution >= 4 is 27.5 Å². The topological polar surface area (TPSA) is 119 Å². The maximum atomic E-state index is 14.9. The first-order valence-electron chi connectivity index (χ1n) is 10.0. The molecule has 0 aliphatic heterocycles. The molecule has 0 bridgehead atoms. The van der Waals surface area contributed by atoms with E-state index < -0.39 is 59.7 Å². The molecule has 0 aliphatic carbocycles.